The van der Waals surface area contributed by atoms with Crippen molar-refractivity contribution in [3.63, 3.8) is 0 Å². The van der Waals surface area contributed by atoms with Crippen LogP contribution in [0.1, 0.15) is 65.3 Å². The molecule has 0 aliphatic heterocycles. The van der Waals surface area contributed by atoms with Gasteiger partial charge in [-0.3, -0.25) is 0 Å². The first-order chi connectivity index (χ1) is 15.5. The number of fused-ring (bicyclic) bond motifs is 1. The molecule has 0 bridgehead atoms. The minimum Gasteiger partial charge on any atom is -0.207 e. The molecule has 1 aliphatic rings. The number of benzene rings is 3. The lowest BCUT2D eigenvalue weighted by atomic mass is 9.69. The first kappa shape index (κ1) is 22.9. The van der Waals surface area contributed by atoms with Gasteiger partial charge in [-0.25, -0.2) is 8.78 Å². The number of hydrogen-bond acceptors (Lipinski definition) is 0. The topological polar surface area (TPSA) is 0 Å². The fourth-order valence-corrected chi connectivity index (χ4v) is 5.27. The van der Waals surface area contributed by atoms with Gasteiger partial charge in [0.25, 0.3) is 0 Å². The average molecular weight is 449 g/mol. The van der Waals surface area contributed by atoms with E-state index in [1.54, 1.807) is 6.08 Å². The van der Waals surface area contributed by atoms with Crippen molar-refractivity contribution in [1.29, 1.82) is 0 Å². The highest BCUT2D eigenvalue weighted by Gasteiger charge is 2.32. The van der Waals surface area contributed by atoms with E-state index in [0.29, 0.717) is 18.8 Å². The molecule has 3 atom stereocenters. The van der Waals surface area contributed by atoms with Gasteiger partial charge in [0, 0.05) is 18.8 Å². The summed E-state index contributed by atoms with van der Waals surface area (Å²) in [5.74, 6) is -1.95. The van der Waals surface area contributed by atoms with Crippen LogP contribution in [-0.2, 0) is 12.8 Å². The van der Waals surface area contributed by atoms with Crippen LogP contribution in [-0.4, -0.2) is 5.92 Å². The number of aryl methyl sites for hydroxylation is 2. The third-order valence-corrected chi connectivity index (χ3v) is 7.05. The summed E-state index contributed by atoms with van der Waals surface area (Å²) in [6.45, 7) is 3.55. The van der Waals surface area contributed by atoms with Gasteiger partial charge in [0.1, 0.15) is 0 Å². The monoisotopic (exact) mass is 448 g/mol. The Kier molecular flexibility index (Phi) is 7.21. The maximum absolute atomic E-state index is 14.1. The van der Waals surface area contributed by atoms with E-state index in [0.717, 1.165) is 18.4 Å². The minimum absolute atomic E-state index is 0.115. The fourth-order valence-electron chi connectivity index (χ4n) is 4.97. The fraction of sp³-hybridized carbons (Fsp3) is 0.310. The van der Waals surface area contributed by atoms with E-state index in [1.807, 2.05) is 12.1 Å². The van der Waals surface area contributed by atoms with Crippen LogP contribution in [0.25, 0.3) is 0 Å². The summed E-state index contributed by atoms with van der Waals surface area (Å²) in [4.78, 5) is 0. The molecule has 3 aromatic rings. The van der Waals surface area contributed by atoms with Gasteiger partial charge in [0.05, 0.1) is 0 Å². The summed E-state index contributed by atoms with van der Waals surface area (Å²) < 4.78 is 28.1. The molecule has 3 heteroatoms. The maximum atomic E-state index is 14.1. The summed E-state index contributed by atoms with van der Waals surface area (Å²) in [6, 6.07) is 25.9. The van der Waals surface area contributed by atoms with Crippen LogP contribution in [0.2, 0.25) is 0 Å². The molecule has 0 N–H and O–H groups in total. The van der Waals surface area contributed by atoms with Gasteiger partial charge in [-0.05, 0) is 64.7 Å². The molecule has 0 amide bonds. The zero-order valence-electron chi connectivity index (χ0n) is 18.4. The Bertz CT molecular complexity index is 1040. The highest BCUT2D eigenvalue weighted by Crippen LogP contribution is 2.46. The first-order valence-electron chi connectivity index (χ1n) is 11.5. The lowest BCUT2D eigenvalue weighted by Crippen LogP contribution is -2.21. The van der Waals surface area contributed by atoms with Crippen molar-refractivity contribution in [3.05, 3.63) is 113 Å². The predicted octanol–water partition coefficient (Wildman–Crippen LogP) is 7.58. The van der Waals surface area contributed by atoms with E-state index < -0.39 is 5.92 Å². The number of rotatable bonds is 8. The van der Waals surface area contributed by atoms with Crippen LogP contribution in [0.4, 0.5) is 8.78 Å². The minimum atomic E-state index is -2.64. The Morgan fingerprint density at radius 2 is 1.69 bits per heavy atom. The second kappa shape index (κ2) is 10.1. The Labute approximate surface area is 193 Å². The standard InChI is InChI=1S/C29H31F2P/c1-2-3-18-29(30,31)19-17-21-9-11-23(12-10-21)28-26(22-7-5-4-6-8-22)15-13-24-20-25(32)14-16-27(24)28/h2,4-12,14,16,20,26,28H,1,3,13,15,17-19,32H2. The van der Waals surface area contributed by atoms with E-state index in [2.05, 4.69) is 76.5 Å². The van der Waals surface area contributed by atoms with Crippen LogP contribution >= 0.6 is 9.24 Å². The quantitative estimate of drug-likeness (QED) is 0.246. The molecule has 166 valence electrons. The van der Waals surface area contributed by atoms with Gasteiger partial charge in [0.15, 0.2) is 0 Å². The zero-order valence-corrected chi connectivity index (χ0v) is 19.6. The van der Waals surface area contributed by atoms with Crippen LogP contribution in [0, 0.1) is 0 Å². The van der Waals surface area contributed by atoms with Gasteiger partial charge in [-0.15, -0.1) is 15.8 Å². The van der Waals surface area contributed by atoms with Gasteiger partial charge in [-0.1, -0.05) is 78.9 Å². The normalized spacial score (nSPS) is 18.2. The lowest BCUT2D eigenvalue weighted by molar-refractivity contribution is -0.0148. The van der Waals surface area contributed by atoms with Gasteiger partial charge >= 0.3 is 0 Å². The van der Waals surface area contributed by atoms with Crippen molar-refractivity contribution in [2.24, 2.45) is 0 Å². The number of alkyl halides is 2. The third kappa shape index (κ3) is 5.36. The van der Waals surface area contributed by atoms with Gasteiger partial charge < -0.3 is 0 Å². The molecular formula is C29H31F2P. The first-order valence-corrected chi connectivity index (χ1v) is 12.1. The van der Waals surface area contributed by atoms with E-state index in [-0.39, 0.29) is 18.8 Å². The molecule has 1 aliphatic carbocycles. The highest BCUT2D eigenvalue weighted by molar-refractivity contribution is 7.27. The van der Waals surface area contributed by atoms with E-state index in [4.69, 9.17) is 0 Å². The van der Waals surface area contributed by atoms with E-state index >= 15 is 0 Å². The molecule has 3 unspecified atom stereocenters. The van der Waals surface area contributed by atoms with Crippen LogP contribution in [0.15, 0.2) is 85.5 Å². The van der Waals surface area contributed by atoms with E-state index in [9.17, 15) is 8.78 Å². The summed E-state index contributed by atoms with van der Waals surface area (Å²) in [7, 11) is 2.80. The van der Waals surface area contributed by atoms with Crippen LogP contribution < -0.4 is 5.30 Å². The number of halogens is 2. The van der Waals surface area contributed by atoms with Crippen molar-refractivity contribution < 1.29 is 8.78 Å². The van der Waals surface area contributed by atoms with Gasteiger partial charge in [0.2, 0.25) is 5.92 Å². The Balaban J connectivity index is 1.60. The summed E-state index contributed by atoms with van der Waals surface area (Å²) >= 11 is 0. The lowest BCUT2D eigenvalue weighted by Gasteiger charge is -2.35. The summed E-state index contributed by atoms with van der Waals surface area (Å²) in [5, 5.41) is 1.22. The molecule has 0 radical (unpaired) electrons. The van der Waals surface area contributed by atoms with Gasteiger partial charge in [-0.2, -0.15) is 0 Å². The van der Waals surface area contributed by atoms with Crippen molar-refractivity contribution in [3.8, 4) is 0 Å². The van der Waals surface area contributed by atoms with Crippen molar-refractivity contribution in [2.45, 2.75) is 56.3 Å². The smallest absolute Gasteiger partial charge is 0.207 e. The Hall–Kier alpha value is -2.31. The molecule has 0 spiro atoms. The summed E-state index contributed by atoms with van der Waals surface area (Å²) in [6.07, 6.45) is 4.25. The second-order valence-electron chi connectivity index (χ2n) is 8.92. The average Bonchev–Trinajstić information content (AvgIpc) is 2.81. The predicted molar refractivity (Wildman–Crippen MR) is 134 cm³/mol. The number of hydrogen-bond donors (Lipinski definition) is 0. The second-order valence-corrected chi connectivity index (χ2v) is 9.58. The van der Waals surface area contributed by atoms with E-state index in [1.165, 1.54) is 27.6 Å². The zero-order chi connectivity index (χ0) is 22.6. The summed E-state index contributed by atoms with van der Waals surface area (Å²) in [5.41, 5.74) is 6.41. The SMILES string of the molecule is C=CCCC(F)(F)CCc1ccc(C2c3ccc(P)cc3CCC2c2ccccc2)cc1. The van der Waals surface area contributed by atoms with Crippen LogP contribution in [0.3, 0.4) is 0 Å². The number of allylic oxidation sites excluding steroid dienone is 1. The van der Waals surface area contributed by atoms with Crippen molar-refractivity contribution >= 4 is 14.5 Å². The molecular weight excluding hydrogens is 417 g/mol. The Morgan fingerprint density at radius 1 is 0.938 bits per heavy atom. The highest BCUT2D eigenvalue weighted by atomic mass is 31.0. The maximum Gasteiger partial charge on any atom is 0.248 e. The molecule has 0 fully saturated rings. The van der Waals surface area contributed by atoms with Crippen LogP contribution in [0.5, 0.6) is 0 Å². The molecule has 4 rings (SSSR count). The molecule has 3 aromatic carbocycles. The molecule has 0 aromatic heterocycles. The largest absolute Gasteiger partial charge is 0.248 e. The van der Waals surface area contributed by atoms with Crippen molar-refractivity contribution in [1.82, 2.24) is 0 Å². The Morgan fingerprint density at radius 3 is 2.41 bits per heavy atom. The molecule has 0 nitrogen and oxygen atoms in total. The van der Waals surface area contributed by atoms with Crippen molar-refractivity contribution in [2.75, 3.05) is 0 Å². The molecule has 0 saturated carbocycles. The third-order valence-electron chi connectivity index (χ3n) is 6.69. The molecule has 0 saturated heterocycles. The molecule has 32 heavy (non-hydrogen) atoms. The molecule has 0 heterocycles.